The van der Waals surface area contributed by atoms with Gasteiger partial charge >= 0.3 is 0 Å². The Morgan fingerprint density at radius 3 is 2.09 bits per heavy atom. The van der Waals surface area contributed by atoms with E-state index in [2.05, 4.69) is 25.5 Å². The van der Waals surface area contributed by atoms with Gasteiger partial charge in [0.2, 0.25) is 10.0 Å². The lowest BCUT2D eigenvalue weighted by atomic mass is 9.87. The molecular weight excluding hydrogens is 298 g/mol. The Labute approximate surface area is 132 Å². The standard InChI is InChI=1S/C17H23NO3S/c1-12-6-11-16(21-12)13(2)18-22(19,20)15-9-7-14(8-10-15)17(3,4)5/h6-11,13,18H,1-5H3. The predicted molar refractivity (Wildman–Crippen MR) is 87.3 cm³/mol. The van der Waals surface area contributed by atoms with Crippen molar-refractivity contribution >= 4 is 10.0 Å². The zero-order valence-electron chi connectivity index (χ0n) is 13.7. The molecule has 0 aliphatic heterocycles. The highest BCUT2D eigenvalue weighted by Gasteiger charge is 2.21. The van der Waals surface area contributed by atoms with Gasteiger partial charge < -0.3 is 4.42 Å². The molecule has 1 aromatic carbocycles. The van der Waals surface area contributed by atoms with Crippen LogP contribution >= 0.6 is 0 Å². The van der Waals surface area contributed by atoms with Crippen LogP contribution in [0.4, 0.5) is 0 Å². The van der Waals surface area contributed by atoms with Gasteiger partial charge in [0.15, 0.2) is 0 Å². The second-order valence-electron chi connectivity index (χ2n) is 6.57. The van der Waals surface area contributed by atoms with Gasteiger partial charge in [-0.25, -0.2) is 13.1 Å². The first-order chi connectivity index (χ1) is 10.1. The highest BCUT2D eigenvalue weighted by Crippen LogP contribution is 2.24. The van der Waals surface area contributed by atoms with Gasteiger partial charge in [-0.05, 0) is 49.1 Å². The van der Waals surface area contributed by atoms with Gasteiger partial charge in [-0.15, -0.1) is 0 Å². The summed E-state index contributed by atoms with van der Waals surface area (Å²) >= 11 is 0. The van der Waals surface area contributed by atoms with E-state index in [1.54, 1.807) is 25.1 Å². The van der Waals surface area contributed by atoms with Gasteiger partial charge in [0.1, 0.15) is 11.5 Å². The first-order valence-electron chi connectivity index (χ1n) is 7.29. The van der Waals surface area contributed by atoms with Crippen LogP contribution in [0, 0.1) is 6.92 Å². The van der Waals surface area contributed by atoms with Crippen LogP contribution < -0.4 is 4.72 Å². The molecule has 1 atom stereocenters. The van der Waals surface area contributed by atoms with Crippen LogP contribution in [0.15, 0.2) is 45.7 Å². The molecular formula is C17H23NO3S. The lowest BCUT2D eigenvalue weighted by Crippen LogP contribution is -2.26. The van der Waals surface area contributed by atoms with Crippen molar-refractivity contribution in [2.75, 3.05) is 0 Å². The maximum atomic E-state index is 12.4. The minimum Gasteiger partial charge on any atom is -0.465 e. The molecule has 0 spiro atoms. The van der Waals surface area contributed by atoms with Crippen molar-refractivity contribution in [3.63, 3.8) is 0 Å². The Kier molecular flexibility index (Phi) is 4.49. The fraction of sp³-hybridized carbons (Fsp3) is 0.412. The second-order valence-corrected chi connectivity index (χ2v) is 8.28. The van der Waals surface area contributed by atoms with Crippen LogP contribution in [0.3, 0.4) is 0 Å². The minimum absolute atomic E-state index is 0.00525. The third-order valence-corrected chi connectivity index (χ3v) is 5.11. The van der Waals surface area contributed by atoms with Crippen molar-refractivity contribution in [2.45, 2.75) is 51.0 Å². The third-order valence-electron chi connectivity index (χ3n) is 3.55. The Morgan fingerprint density at radius 2 is 1.64 bits per heavy atom. The summed E-state index contributed by atoms with van der Waals surface area (Å²) in [6.45, 7) is 9.87. The zero-order chi connectivity index (χ0) is 16.5. The third kappa shape index (κ3) is 3.78. The number of aryl methyl sites for hydroxylation is 1. The summed E-state index contributed by atoms with van der Waals surface area (Å²) in [5.74, 6) is 1.36. The van der Waals surface area contributed by atoms with Gasteiger partial charge in [0.25, 0.3) is 0 Å². The Balaban J connectivity index is 2.20. The molecule has 0 saturated carbocycles. The molecule has 120 valence electrons. The smallest absolute Gasteiger partial charge is 0.241 e. The Hall–Kier alpha value is -1.59. The number of sulfonamides is 1. The molecule has 0 saturated heterocycles. The Morgan fingerprint density at radius 1 is 1.05 bits per heavy atom. The number of furan rings is 1. The SMILES string of the molecule is Cc1ccc(C(C)NS(=O)(=O)c2ccc(C(C)(C)C)cc2)o1. The molecule has 0 radical (unpaired) electrons. The van der Waals surface area contributed by atoms with Crippen molar-refractivity contribution in [2.24, 2.45) is 0 Å². The normalized spacial score (nSPS) is 14.0. The molecule has 5 heteroatoms. The molecule has 1 aromatic heterocycles. The van der Waals surface area contributed by atoms with Gasteiger partial charge in [0, 0.05) is 0 Å². The summed E-state index contributed by atoms with van der Waals surface area (Å²) in [5.41, 5.74) is 1.09. The van der Waals surface area contributed by atoms with Crippen LogP contribution in [0.25, 0.3) is 0 Å². The minimum atomic E-state index is -3.57. The lowest BCUT2D eigenvalue weighted by Gasteiger charge is -2.19. The van der Waals surface area contributed by atoms with E-state index >= 15 is 0 Å². The van der Waals surface area contributed by atoms with Crippen LogP contribution in [-0.2, 0) is 15.4 Å². The second kappa shape index (κ2) is 5.89. The molecule has 0 fully saturated rings. The summed E-state index contributed by atoms with van der Waals surface area (Å²) in [6, 6.07) is 10.2. The van der Waals surface area contributed by atoms with Crippen LogP contribution in [0.1, 0.15) is 50.8 Å². The van der Waals surface area contributed by atoms with Crippen molar-refractivity contribution in [3.05, 3.63) is 53.5 Å². The average molecular weight is 321 g/mol. The molecule has 0 aliphatic rings. The van der Waals surface area contributed by atoms with Crippen molar-refractivity contribution in [1.82, 2.24) is 4.72 Å². The van der Waals surface area contributed by atoms with Gasteiger partial charge in [-0.2, -0.15) is 0 Å². The van der Waals surface area contributed by atoms with Crippen LogP contribution in [-0.4, -0.2) is 8.42 Å². The van der Waals surface area contributed by atoms with E-state index in [1.807, 2.05) is 25.1 Å². The molecule has 0 bridgehead atoms. The fourth-order valence-electron chi connectivity index (χ4n) is 2.18. The summed E-state index contributed by atoms with van der Waals surface area (Å²) in [5, 5.41) is 0. The predicted octanol–water partition coefficient (Wildman–Crippen LogP) is 3.93. The van der Waals surface area contributed by atoms with Crippen molar-refractivity contribution in [3.8, 4) is 0 Å². The topological polar surface area (TPSA) is 59.3 Å². The van der Waals surface area contributed by atoms with E-state index in [9.17, 15) is 8.42 Å². The molecule has 0 aliphatic carbocycles. The van der Waals surface area contributed by atoms with E-state index in [1.165, 1.54) is 0 Å². The lowest BCUT2D eigenvalue weighted by molar-refractivity contribution is 0.441. The quantitative estimate of drug-likeness (QED) is 0.928. The number of benzene rings is 1. The molecule has 0 amide bonds. The molecule has 1 unspecified atom stereocenters. The van der Waals surface area contributed by atoms with E-state index in [-0.39, 0.29) is 10.3 Å². The maximum Gasteiger partial charge on any atom is 0.241 e. The molecule has 22 heavy (non-hydrogen) atoms. The highest BCUT2D eigenvalue weighted by atomic mass is 32.2. The summed E-state index contributed by atoms with van der Waals surface area (Å²) < 4.78 is 33.0. The highest BCUT2D eigenvalue weighted by molar-refractivity contribution is 7.89. The van der Waals surface area contributed by atoms with Crippen molar-refractivity contribution in [1.29, 1.82) is 0 Å². The van der Waals surface area contributed by atoms with E-state index in [0.29, 0.717) is 5.76 Å². The number of nitrogens with one attached hydrogen (secondary N) is 1. The first kappa shape index (κ1) is 16.8. The van der Waals surface area contributed by atoms with Gasteiger partial charge in [0.05, 0.1) is 10.9 Å². The fourth-order valence-corrected chi connectivity index (χ4v) is 3.39. The van der Waals surface area contributed by atoms with Crippen LogP contribution in [0.5, 0.6) is 0 Å². The number of hydrogen-bond donors (Lipinski definition) is 1. The summed E-state index contributed by atoms with van der Waals surface area (Å²) in [4.78, 5) is 0.260. The maximum absolute atomic E-state index is 12.4. The van der Waals surface area contributed by atoms with Gasteiger partial charge in [-0.1, -0.05) is 32.9 Å². The van der Waals surface area contributed by atoms with E-state index < -0.39 is 16.1 Å². The first-order valence-corrected chi connectivity index (χ1v) is 8.77. The van der Waals surface area contributed by atoms with E-state index in [4.69, 9.17) is 4.42 Å². The molecule has 1 N–H and O–H groups in total. The molecule has 4 nitrogen and oxygen atoms in total. The zero-order valence-corrected chi connectivity index (χ0v) is 14.5. The van der Waals surface area contributed by atoms with Crippen molar-refractivity contribution < 1.29 is 12.8 Å². The van der Waals surface area contributed by atoms with E-state index in [0.717, 1.165) is 11.3 Å². The summed E-state index contributed by atoms with van der Waals surface area (Å²) in [7, 11) is -3.57. The molecule has 1 heterocycles. The summed E-state index contributed by atoms with van der Waals surface area (Å²) in [6.07, 6.45) is 0. The molecule has 2 rings (SSSR count). The monoisotopic (exact) mass is 321 g/mol. The largest absolute Gasteiger partial charge is 0.465 e. The Bertz CT molecular complexity index is 737. The number of rotatable bonds is 4. The van der Waals surface area contributed by atoms with Gasteiger partial charge in [-0.3, -0.25) is 0 Å². The molecule has 2 aromatic rings. The van der Waals surface area contributed by atoms with Crippen LogP contribution in [0.2, 0.25) is 0 Å². The average Bonchev–Trinajstić information content (AvgIpc) is 2.84. The number of hydrogen-bond acceptors (Lipinski definition) is 3.